The Balaban J connectivity index is 2.46. The van der Waals surface area contributed by atoms with Crippen LogP contribution in [0.2, 0.25) is 0 Å². The smallest absolute Gasteiger partial charge is 0.416 e. The summed E-state index contributed by atoms with van der Waals surface area (Å²) in [6.07, 6.45) is -3.56. The van der Waals surface area contributed by atoms with Gasteiger partial charge in [0.25, 0.3) is 0 Å². The molecule has 0 spiro atoms. The normalized spacial score (nSPS) is 11.7. The lowest BCUT2D eigenvalue weighted by molar-refractivity contribution is -0.137. The van der Waals surface area contributed by atoms with Crippen LogP contribution in [0.4, 0.5) is 24.0 Å². The lowest BCUT2D eigenvalue weighted by Crippen LogP contribution is -2.23. The van der Waals surface area contributed by atoms with Gasteiger partial charge in [-0.05, 0) is 24.3 Å². The van der Waals surface area contributed by atoms with E-state index in [-0.39, 0.29) is 16.5 Å². The molecule has 26 heavy (non-hydrogen) atoms. The Hall–Kier alpha value is -3.19. The van der Waals surface area contributed by atoms with E-state index >= 15 is 0 Å². The van der Waals surface area contributed by atoms with Crippen molar-refractivity contribution in [3.05, 3.63) is 46.5 Å². The van der Waals surface area contributed by atoms with E-state index in [1.807, 2.05) is 0 Å². The number of carboxylic acids is 1. The molecule has 2 aromatic rings. The SMILES string of the molecule is CC(=O)N(c1cccc(C(F)(F)F)c1)c1nc(/C=C(/C#N)C(=O)O)cs1. The van der Waals surface area contributed by atoms with E-state index < -0.39 is 29.2 Å². The first-order valence-corrected chi connectivity index (χ1v) is 7.80. The molecule has 6 nitrogen and oxygen atoms in total. The average Bonchev–Trinajstić information content (AvgIpc) is 2.99. The number of thiazole rings is 1. The third-order valence-electron chi connectivity index (χ3n) is 3.09. The van der Waals surface area contributed by atoms with Crippen molar-refractivity contribution in [2.45, 2.75) is 13.1 Å². The fourth-order valence-electron chi connectivity index (χ4n) is 1.98. The van der Waals surface area contributed by atoms with Crippen LogP contribution in [-0.4, -0.2) is 22.0 Å². The minimum Gasteiger partial charge on any atom is -0.477 e. The highest BCUT2D eigenvalue weighted by Crippen LogP contribution is 2.35. The second-order valence-corrected chi connectivity index (χ2v) is 5.77. The van der Waals surface area contributed by atoms with E-state index in [1.54, 1.807) is 0 Å². The maximum Gasteiger partial charge on any atom is 0.416 e. The van der Waals surface area contributed by atoms with E-state index in [9.17, 15) is 22.8 Å². The van der Waals surface area contributed by atoms with Gasteiger partial charge in [0.05, 0.1) is 16.9 Å². The Morgan fingerprint density at radius 1 is 1.38 bits per heavy atom. The Bertz CT molecular complexity index is 929. The van der Waals surface area contributed by atoms with Crippen molar-refractivity contribution in [2.75, 3.05) is 4.90 Å². The van der Waals surface area contributed by atoms with Gasteiger partial charge in [0.2, 0.25) is 5.91 Å². The van der Waals surface area contributed by atoms with Gasteiger partial charge in [-0.25, -0.2) is 9.78 Å². The quantitative estimate of drug-likeness (QED) is 0.641. The molecule has 1 aromatic carbocycles. The fourth-order valence-corrected chi connectivity index (χ4v) is 2.83. The third kappa shape index (κ3) is 4.25. The number of carbonyl (C=O) groups excluding carboxylic acids is 1. The molecular weight excluding hydrogens is 371 g/mol. The predicted molar refractivity (Wildman–Crippen MR) is 87.6 cm³/mol. The molecule has 0 unspecified atom stereocenters. The highest BCUT2D eigenvalue weighted by Gasteiger charge is 2.31. The largest absolute Gasteiger partial charge is 0.477 e. The Morgan fingerprint density at radius 3 is 2.62 bits per heavy atom. The molecule has 1 amide bonds. The van der Waals surface area contributed by atoms with Gasteiger partial charge >= 0.3 is 12.1 Å². The summed E-state index contributed by atoms with van der Waals surface area (Å²) < 4.78 is 38.7. The standard InChI is InChI=1S/C16H10F3N3O3S/c1-9(23)22(13-4-2-3-11(6-13)16(17,18)19)15-21-12(8-26-15)5-10(7-20)14(24)25/h2-6,8H,1H3,(H,24,25)/b10-5-. The van der Waals surface area contributed by atoms with E-state index in [0.717, 1.165) is 41.4 Å². The van der Waals surface area contributed by atoms with Crippen LogP contribution < -0.4 is 4.90 Å². The molecule has 10 heteroatoms. The summed E-state index contributed by atoms with van der Waals surface area (Å²) in [5.41, 5.74) is -1.41. The van der Waals surface area contributed by atoms with Crippen molar-refractivity contribution in [1.29, 1.82) is 5.26 Å². The van der Waals surface area contributed by atoms with Crippen molar-refractivity contribution < 1.29 is 27.9 Å². The number of alkyl halides is 3. The fraction of sp³-hybridized carbons (Fsp3) is 0.125. The number of carbonyl (C=O) groups is 2. The molecule has 1 N–H and O–H groups in total. The van der Waals surface area contributed by atoms with Crippen LogP contribution in [0.3, 0.4) is 0 Å². The van der Waals surface area contributed by atoms with Gasteiger partial charge in [0.15, 0.2) is 5.13 Å². The number of aliphatic carboxylic acids is 1. The molecule has 0 bridgehead atoms. The first kappa shape index (κ1) is 19.1. The molecule has 2 rings (SSSR count). The molecule has 0 radical (unpaired) electrons. The number of rotatable bonds is 4. The van der Waals surface area contributed by atoms with Crippen molar-refractivity contribution in [3.8, 4) is 6.07 Å². The van der Waals surface area contributed by atoms with Gasteiger partial charge in [0.1, 0.15) is 11.6 Å². The number of halogens is 3. The van der Waals surface area contributed by atoms with Crippen molar-refractivity contribution in [2.24, 2.45) is 0 Å². The minimum atomic E-state index is -4.57. The topological polar surface area (TPSA) is 94.3 Å². The van der Waals surface area contributed by atoms with Gasteiger partial charge in [-0.1, -0.05) is 6.07 Å². The number of amides is 1. The molecule has 0 aliphatic rings. The molecule has 0 saturated carbocycles. The number of anilines is 2. The second kappa shape index (κ2) is 7.37. The average molecular weight is 381 g/mol. The number of aromatic nitrogens is 1. The third-order valence-corrected chi connectivity index (χ3v) is 3.93. The van der Waals surface area contributed by atoms with E-state index in [0.29, 0.717) is 0 Å². The highest BCUT2D eigenvalue weighted by atomic mass is 32.1. The number of nitrogens with zero attached hydrogens (tertiary/aromatic N) is 3. The van der Waals surface area contributed by atoms with Crippen molar-refractivity contribution in [3.63, 3.8) is 0 Å². The van der Waals surface area contributed by atoms with Crippen LogP contribution in [0.15, 0.2) is 35.2 Å². The molecule has 1 aromatic heterocycles. The molecule has 0 aliphatic carbocycles. The molecule has 1 heterocycles. The first-order chi connectivity index (χ1) is 12.1. The Kier molecular flexibility index (Phi) is 5.42. The van der Waals surface area contributed by atoms with Crippen LogP contribution in [-0.2, 0) is 15.8 Å². The summed E-state index contributed by atoms with van der Waals surface area (Å²) >= 11 is 0.924. The lowest BCUT2D eigenvalue weighted by atomic mass is 10.2. The van der Waals surface area contributed by atoms with Crippen molar-refractivity contribution >= 4 is 40.1 Å². The number of nitriles is 1. The van der Waals surface area contributed by atoms with Gasteiger partial charge in [-0.15, -0.1) is 11.3 Å². The summed E-state index contributed by atoms with van der Waals surface area (Å²) in [7, 11) is 0. The van der Waals surface area contributed by atoms with Crippen molar-refractivity contribution in [1.82, 2.24) is 4.98 Å². The van der Waals surface area contributed by atoms with Gasteiger partial charge in [-0.3, -0.25) is 9.69 Å². The molecule has 0 aliphatic heterocycles. The number of hydrogen-bond acceptors (Lipinski definition) is 5. The van der Waals surface area contributed by atoms with Gasteiger partial charge in [-0.2, -0.15) is 18.4 Å². The first-order valence-electron chi connectivity index (χ1n) is 6.92. The van der Waals surface area contributed by atoms with Gasteiger partial charge in [0, 0.05) is 12.3 Å². The maximum absolute atomic E-state index is 12.9. The maximum atomic E-state index is 12.9. The Labute approximate surface area is 149 Å². The molecular formula is C16H10F3N3O3S. The van der Waals surface area contributed by atoms with Crippen LogP contribution in [0, 0.1) is 11.3 Å². The number of benzene rings is 1. The predicted octanol–water partition coefficient (Wildman–Crippen LogP) is 3.84. The second-order valence-electron chi connectivity index (χ2n) is 4.93. The van der Waals surface area contributed by atoms with E-state index in [1.165, 1.54) is 23.6 Å². The summed E-state index contributed by atoms with van der Waals surface area (Å²) in [4.78, 5) is 27.8. The number of hydrogen-bond donors (Lipinski definition) is 1. The lowest BCUT2D eigenvalue weighted by Gasteiger charge is -2.19. The molecule has 0 fully saturated rings. The zero-order valence-corrected chi connectivity index (χ0v) is 13.9. The van der Waals surface area contributed by atoms with Crippen LogP contribution >= 0.6 is 11.3 Å². The number of carboxylic acid groups (broad SMARTS) is 1. The van der Waals surface area contributed by atoms with Gasteiger partial charge < -0.3 is 5.11 Å². The van der Waals surface area contributed by atoms with E-state index in [2.05, 4.69) is 4.98 Å². The zero-order chi connectivity index (χ0) is 19.5. The molecule has 134 valence electrons. The minimum absolute atomic E-state index is 0.0315. The highest BCUT2D eigenvalue weighted by molar-refractivity contribution is 7.14. The van der Waals surface area contributed by atoms with Crippen LogP contribution in [0.5, 0.6) is 0 Å². The monoisotopic (exact) mass is 381 g/mol. The van der Waals surface area contributed by atoms with Crippen LogP contribution in [0.1, 0.15) is 18.2 Å². The summed E-state index contributed by atoms with van der Waals surface area (Å²) in [5, 5.41) is 19.0. The molecule has 0 atom stereocenters. The Morgan fingerprint density at radius 2 is 2.08 bits per heavy atom. The summed E-state index contributed by atoms with van der Waals surface area (Å²) in [5.74, 6) is -2.02. The van der Waals surface area contributed by atoms with Crippen LogP contribution in [0.25, 0.3) is 6.08 Å². The molecule has 0 saturated heterocycles. The van der Waals surface area contributed by atoms with E-state index in [4.69, 9.17) is 10.4 Å². The summed E-state index contributed by atoms with van der Waals surface area (Å²) in [6, 6.07) is 5.67. The zero-order valence-electron chi connectivity index (χ0n) is 13.1. The summed E-state index contributed by atoms with van der Waals surface area (Å²) in [6.45, 7) is 1.16.